The molecular formula is C30H24ClN3O3. The summed E-state index contributed by atoms with van der Waals surface area (Å²) in [7, 11) is 0. The number of barbiturate groups is 1. The van der Waals surface area contributed by atoms with Crippen LogP contribution in [-0.4, -0.2) is 22.4 Å². The highest BCUT2D eigenvalue weighted by atomic mass is 35.5. The van der Waals surface area contributed by atoms with Crippen molar-refractivity contribution in [3.63, 3.8) is 0 Å². The van der Waals surface area contributed by atoms with Crippen LogP contribution in [0.3, 0.4) is 0 Å². The monoisotopic (exact) mass is 509 g/mol. The highest BCUT2D eigenvalue weighted by molar-refractivity contribution is 6.46. The van der Waals surface area contributed by atoms with E-state index in [2.05, 4.69) is 0 Å². The number of amides is 4. The maximum atomic E-state index is 13.7. The zero-order chi connectivity index (χ0) is 26.3. The van der Waals surface area contributed by atoms with E-state index in [1.165, 1.54) is 0 Å². The van der Waals surface area contributed by atoms with Crippen molar-refractivity contribution in [2.45, 2.75) is 20.8 Å². The Hall–Kier alpha value is -4.42. The maximum absolute atomic E-state index is 13.7. The van der Waals surface area contributed by atoms with E-state index in [-0.39, 0.29) is 5.57 Å². The lowest BCUT2D eigenvalue weighted by Crippen LogP contribution is -2.57. The van der Waals surface area contributed by atoms with Crippen LogP contribution in [0.5, 0.6) is 0 Å². The molecule has 7 heteroatoms. The van der Waals surface area contributed by atoms with Gasteiger partial charge in [0.25, 0.3) is 11.8 Å². The van der Waals surface area contributed by atoms with Gasteiger partial charge < -0.3 is 4.57 Å². The first-order valence-corrected chi connectivity index (χ1v) is 12.1. The highest BCUT2D eigenvalue weighted by Crippen LogP contribution is 2.31. The Bertz CT molecular complexity index is 1550. The lowest BCUT2D eigenvalue weighted by atomic mass is 10.0. The van der Waals surface area contributed by atoms with Crippen molar-refractivity contribution in [3.8, 4) is 5.69 Å². The lowest BCUT2D eigenvalue weighted by molar-refractivity contribution is -0.121. The molecule has 37 heavy (non-hydrogen) atoms. The molecule has 2 heterocycles. The van der Waals surface area contributed by atoms with Crippen molar-refractivity contribution in [1.82, 2.24) is 4.57 Å². The number of anilines is 2. The molecule has 1 fully saturated rings. The minimum atomic E-state index is -0.714. The third-order valence-corrected chi connectivity index (χ3v) is 6.66. The quantitative estimate of drug-likeness (QED) is 0.229. The number of carbonyl (C=O) groups excluding carboxylic acids is 3. The summed E-state index contributed by atoms with van der Waals surface area (Å²) in [6, 6.07) is 24.3. The number of nitrogens with zero attached hydrogens (tertiary/aromatic N) is 3. The second-order valence-corrected chi connectivity index (χ2v) is 9.37. The zero-order valence-electron chi connectivity index (χ0n) is 20.6. The van der Waals surface area contributed by atoms with Crippen molar-refractivity contribution in [2.75, 3.05) is 9.80 Å². The Balaban J connectivity index is 1.65. The predicted molar refractivity (Wildman–Crippen MR) is 146 cm³/mol. The second-order valence-electron chi connectivity index (χ2n) is 8.93. The number of urea groups is 1. The van der Waals surface area contributed by atoms with Gasteiger partial charge in [0.2, 0.25) is 0 Å². The van der Waals surface area contributed by atoms with E-state index >= 15 is 0 Å². The van der Waals surface area contributed by atoms with E-state index < -0.39 is 17.8 Å². The van der Waals surface area contributed by atoms with Crippen molar-refractivity contribution in [1.29, 1.82) is 0 Å². The first-order valence-electron chi connectivity index (χ1n) is 11.8. The number of carbonyl (C=O) groups is 3. The minimum absolute atomic E-state index is 0.0969. The topological polar surface area (TPSA) is 62.6 Å². The molecule has 3 aromatic carbocycles. The molecule has 6 nitrogen and oxygen atoms in total. The fourth-order valence-corrected chi connectivity index (χ4v) is 4.66. The van der Waals surface area contributed by atoms with Gasteiger partial charge >= 0.3 is 6.03 Å². The summed E-state index contributed by atoms with van der Waals surface area (Å²) >= 11 is 6.06. The maximum Gasteiger partial charge on any atom is 0.343 e. The third-order valence-electron chi connectivity index (χ3n) is 6.41. The molecule has 0 bridgehead atoms. The molecule has 0 unspecified atom stereocenters. The number of benzene rings is 3. The fourth-order valence-electron chi connectivity index (χ4n) is 4.53. The number of para-hydroxylation sites is 1. The highest BCUT2D eigenvalue weighted by Gasteiger charge is 2.43. The molecule has 0 atom stereocenters. The third kappa shape index (κ3) is 4.36. The Morgan fingerprint density at radius 3 is 1.81 bits per heavy atom. The molecule has 4 amide bonds. The van der Waals surface area contributed by atoms with Crippen LogP contribution in [0.2, 0.25) is 5.02 Å². The van der Waals surface area contributed by atoms with E-state index in [1.54, 1.807) is 48.5 Å². The van der Waals surface area contributed by atoms with Gasteiger partial charge in [-0.05, 0) is 87.0 Å². The van der Waals surface area contributed by atoms with Gasteiger partial charge in [0.05, 0.1) is 11.4 Å². The number of hydrogen-bond acceptors (Lipinski definition) is 3. The smallest absolute Gasteiger partial charge is 0.318 e. The second kappa shape index (κ2) is 9.56. The van der Waals surface area contributed by atoms with Crippen molar-refractivity contribution in [3.05, 3.63) is 118 Å². The molecule has 0 N–H and O–H groups in total. The zero-order valence-corrected chi connectivity index (χ0v) is 21.4. The van der Waals surface area contributed by atoms with E-state index in [1.807, 2.05) is 67.8 Å². The standard InChI is InChI=1S/C30H24ClN3O3/c1-19-9-13-26(14-10-19)34-29(36)27(28(35)33(30(34)37)24-7-5-4-6-8-24)18-22-17-20(2)32(21(22)3)25-15-11-23(31)12-16-25/h4-18H,1-3H3/b27-18-. The molecule has 0 saturated carbocycles. The number of aryl methyl sites for hydroxylation is 2. The van der Waals surface area contributed by atoms with Crippen LogP contribution >= 0.6 is 11.6 Å². The van der Waals surface area contributed by atoms with Crippen molar-refractivity contribution >= 4 is 46.9 Å². The van der Waals surface area contributed by atoms with Crippen LogP contribution < -0.4 is 9.80 Å². The lowest BCUT2D eigenvalue weighted by Gasteiger charge is -2.34. The van der Waals surface area contributed by atoms with Crippen LogP contribution in [0.1, 0.15) is 22.5 Å². The van der Waals surface area contributed by atoms with E-state index in [4.69, 9.17) is 11.6 Å². The molecule has 0 aliphatic carbocycles. The largest absolute Gasteiger partial charge is 0.343 e. The summed E-state index contributed by atoms with van der Waals surface area (Å²) < 4.78 is 2.03. The molecular weight excluding hydrogens is 486 g/mol. The molecule has 1 aromatic heterocycles. The first kappa shape index (κ1) is 24.3. The molecule has 0 spiro atoms. The summed E-state index contributed by atoms with van der Waals surface area (Å²) in [5.74, 6) is -1.33. The van der Waals surface area contributed by atoms with Crippen molar-refractivity contribution < 1.29 is 14.4 Å². The average Bonchev–Trinajstić information content (AvgIpc) is 3.16. The number of rotatable bonds is 4. The number of halogens is 1. The summed E-state index contributed by atoms with van der Waals surface area (Å²) in [6.45, 7) is 5.79. The Morgan fingerprint density at radius 1 is 0.676 bits per heavy atom. The van der Waals surface area contributed by atoms with Gasteiger partial charge in [-0.1, -0.05) is 47.5 Å². The van der Waals surface area contributed by atoms with Crippen molar-refractivity contribution in [2.24, 2.45) is 0 Å². The SMILES string of the molecule is Cc1ccc(N2C(=O)/C(=C\c3cc(C)n(-c4ccc(Cl)cc4)c3C)C(=O)N(c3ccccc3)C2=O)cc1. The summed E-state index contributed by atoms with van der Waals surface area (Å²) in [4.78, 5) is 43.0. The number of aromatic nitrogens is 1. The Morgan fingerprint density at radius 2 is 1.22 bits per heavy atom. The predicted octanol–water partition coefficient (Wildman–Crippen LogP) is 6.64. The van der Waals surface area contributed by atoms with Crippen LogP contribution in [-0.2, 0) is 9.59 Å². The van der Waals surface area contributed by atoms with Crippen LogP contribution in [0, 0.1) is 20.8 Å². The summed E-state index contributed by atoms with van der Waals surface area (Å²) in [5.41, 5.74) is 5.06. The van der Waals surface area contributed by atoms with Gasteiger partial charge in [0.1, 0.15) is 5.57 Å². The van der Waals surface area contributed by atoms with E-state index in [0.717, 1.165) is 32.4 Å². The van der Waals surface area contributed by atoms with Gasteiger partial charge in [-0.15, -0.1) is 0 Å². The fraction of sp³-hybridized carbons (Fsp3) is 0.100. The summed E-state index contributed by atoms with van der Waals surface area (Å²) in [6.07, 6.45) is 1.57. The molecule has 1 saturated heterocycles. The Kier molecular flexibility index (Phi) is 6.27. The molecule has 184 valence electrons. The van der Waals surface area contributed by atoms with E-state index in [9.17, 15) is 14.4 Å². The van der Waals surface area contributed by atoms with Gasteiger partial charge in [-0.2, -0.15) is 0 Å². The molecule has 1 aliphatic rings. The normalized spacial score (nSPS) is 15.1. The molecule has 1 aliphatic heterocycles. The van der Waals surface area contributed by atoms with E-state index in [0.29, 0.717) is 22.0 Å². The van der Waals surface area contributed by atoms with Crippen LogP contribution in [0.4, 0.5) is 16.2 Å². The van der Waals surface area contributed by atoms with Crippen LogP contribution in [0.25, 0.3) is 11.8 Å². The van der Waals surface area contributed by atoms with Gasteiger partial charge in [-0.25, -0.2) is 14.6 Å². The van der Waals surface area contributed by atoms with Crippen LogP contribution in [0.15, 0.2) is 90.5 Å². The van der Waals surface area contributed by atoms with Gasteiger partial charge in [-0.3, -0.25) is 9.59 Å². The number of imide groups is 2. The average molecular weight is 510 g/mol. The number of hydrogen-bond donors (Lipinski definition) is 0. The minimum Gasteiger partial charge on any atom is -0.318 e. The molecule has 5 rings (SSSR count). The summed E-state index contributed by atoms with van der Waals surface area (Å²) in [5, 5.41) is 0.633. The molecule has 4 aromatic rings. The Labute approximate surface area is 220 Å². The van der Waals surface area contributed by atoms with Gasteiger partial charge in [0, 0.05) is 22.1 Å². The first-order chi connectivity index (χ1) is 17.8. The molecule has 0 radical (unpaired) electrons. The van der Waals surface area contributed by atoms with Gasteiger partial charge in [0.15, 0.2) is 0 Å².